The molecule has 5 nitrogen and oxygen atoms in total. The van der Waals surface area contributed by atoms with Gasteiger partial charge in [0.25, 0.3) is 0 Å². The summed E-state index contributed by atoms with van der Waals surface area (Å²) >= 11 is 1.81. The molecule has 0 aliphatic heterocycles. The standard InChI is InChI=1S/C19H18N4OS/c1-10-3-8-14-15(9-10)25-19-16(14)18-21-17(22-23(18)11(2)20-19)12-4-6-13(24)7-5-12/h4-7,10,24H,3,8-9H2,1-2H3. The van der Waals surface area contributed by atoms with Crippen LogP contribution in [0, 0.1) is 12.8 Å². The van der Waals surface area contributed by atoms with Crippen molar-refractivity contribution in [2.24, 2.45) is 5.92 Å². The number of nitrogens with zero attached hydrogens (tertiary/aromatic N) is 4. The first kappa shape index (κ1) is 14.8. The first-order valence-electron chi connectivity index (χ1n) is 8.57. The van der Waals surface area contributed by atoms with Crippen molar-refractivity contribution < 1.29 is 5.11 Å². The smallest absolute Gasteiger partial charge is 0.182 e. The van der Waals surface area contributed by atoms with Gasteiger partial charge in [0.05, 0.1) is 5.39 Å². The number of hydrogen-bond donors (Lipinski definition) is 1. The van der Waals surface area contributed by atoms with Crippen molar-refractivity contribution >= 4 is 27.2 Å². The first-order valence-corrected chi connectivity index (χ1v) is 9.39. The Labute approximate surface area is 149 Å². The van der Waals surface area contributed by atoms with E-state index in [9.17, 15) is 5.11 Å². The lowest BCUT2D eigenvalue weighted by Gasteiger charge is -2.17. The lowest BCUT2D eigenvalue weighted by molar-refractivity contribution is 0.475. The zero-order valence-electron chi connectivity index (χ0n) is 14.2. The van der Waals surface area contributed by atoms with E-state index in [1.54, 1.807) is 12.1 Å². The quantitative estimate of drug-likeness (QED) is 0.560. The normalized spacial score (nSPS) is 17.3. The van der Waals surface area contributed by atoms with Gasteiger partial charge in [-0.15, -0.1) is 16.4 Å². The van der Waals surface area contributed by atoms with Crippen molar-refractivity contribution in [1.82, 2.24) is 19.6 Å². The van der Waals surface area contributed by atoms with Crippen LogP contribution in [0.5, 0.6) is 5.75 Å². The Hall–Kier alpha value is -2.47. The van der Waals surface area contributed by atoms with Crippen LogP contribution in [-0.2, 0) is 12.8 Å². The Balaban J connectivity index is 1.78. The Kier molecular flexibility index (Phi) is 3.12. The number of hydrogen-bond acceptors (Lipinski definition) is 5. The van der Waals surface area contributed by atoms with E-state index >= 15 is 0 Å². The summed E-state index contributed by atoms with van der Waals surface area (Å²) in [5.74, 6) is 2.50. The van der Waals surface area contributed by atoms with Gasteiger partial charge in [-0.3, -0.25) is 0 Å². The molecule has 3 heterocycles. The maximum atomic E-state index is 9.50. The second-order valence-electron chi connectivity index (χ2n) is 6.91. The minimum absolute atomic E-state index is 0.244. The zero-order chi connectivity index (χ0) is 17.1. The summed E-state index contributed by atoms with van der Waals surface area (Å²) in [6.07, 6.45) is 3.46. The van der Waals surface area contributed by atoms with E-state index in [0.717, 1.165) is 40.6 Å². The van der Waals surface area contributed by atoms with Crippen LogP contribution in [0.4, 0.5) is 0 Å². The molecule has 6 heteroatoms. The highest BCUT2D eigenvalue weighted by Gasteiger charge is 2.24. The fraction of sp³-hybridized carbons (Fsp3) is 0.316. The molecular weight excluding hydrogens is 332 g/mol. The van der Waals surface area contributed by atoms with Crippen LogP contribution in [0.3, 0.4) is 0 Å². The van der Waals surface area contributed by atoms with Gasteiger partial charge in [0, 0.05) is 10.4 Å². The largest absolute Gasteiger partial charge is 0.508 e. The van der Waals surface area contributed by atoms with E-state index in [4.69, 9.17) is 9.97 Å². The number of fused-ring (bicyclic) bond motifs is 5. The molecule has 0 bridgehead atoms. The summed E-state index contributed by atoms with van der Waals surface area (Å²) in [4.78, 5) is 12.2. The van der Waals surface area contributed by atoms with Crippen LogP contribution in [-0.4, -0.2) is 24.7 Å². The van der Waals surface area contributed by atoms with Crippen LogP contribution in [0.1, 0.15) is 29.6 Å². The molecule has 3 aromatic heterocycles. The molecule has 1 aliphatic rings. The molecule has 25 heavy (non-hydrogen) atoms. The van der Waals surface area contributed by atoms with Gasteiger partial charge >= 0.3 is 0 Å². The van der Waals surface area contributed by atoms with E-state index in [-0.39, 0.29) is 5.75 Å². The van der Waals surface area contributed by atoms with Gasteiger partial charge < -0.3 is 5.11 Å². The SMILES string of the molecule is Cc1nc2sc3c(c2c2nc(-c4ccc(O)cc4)nn12)CCC(C)C3. The Morgan fingerprint density at radius 2 is 2.00 bits per heavy atom. The van der Waals surface area contributed by atoms with Crippen LogP contribution in [0.2, 0.25) is 0 Å². The number of thiophene rings is 1. The molecular formula is C19H18N4OS. The third-order valence-corrected chi connectivity index (χ3v) is 6.17. The minimum atomic E-state index is 0.244. The molecule has 1 aliphatic carbocycles. The topological polar surface area (TPSA) is 63.3 Å². The van der Waals surface area contributed by atoms with Gasteiger partial charge in [0.15, 0.2) is 11.5 Å². The maximum Gasteiger partial charge on any atom is 0.182 e. The zero-order valence-corrected chi connectivity index (χ0v) is 15.0. The molecule has 0 saturated heterocycles. The van der Waals surface area contributed by atoms with Gasteiger partial charge in [-0.25, -0.2) is 9.97 Å². The van der Waals surface area contributed by atoms with Crippen LogP contribution < -0.4 is 0 Å². The molecule has 0 spiro atoms. The van der Waals surface area contributed by atoms with E-state index in [1.807, 2.05) is 34.9 Å². The molecule has 0 fully saturated rings. The van der Waals surface area contributed by atoms with E-state index in [2.05, 4.69) is 12.0 Å². The summed E-state index contributed by atoms with van der Waals surface area (Å²) in [5.41, 5.74) is 3.21. The number of rotatable bonds is 1. The Morgan fingerprint density at radius 3 is 2.80 bits per heavy atom. The van der Waals surface area contributed by atoms with Crippen molar-refractivity contribution in [3.8, 4) is 17.1 Å². The van der Waals surface area contributed by atoms with E-state index in [1.165, 1.54) is 22.2 Å². The van der Waals surface area contributed by atoms with Crippen molar-refractivity contribution in [3.63, 3.8) is 0 Å². The first-order chi connectivity index (χ1) is 12.1. The highest BCUT2D eigenvalue weighted by Crippen LogP contribution is 2.39. The number of aromatic nitrogens is 4. The predicted octanol–water partition coefficient (Wildman–Crippen LogP) is 4.14. The summed E-state index contributed by atoms with van der Waals surface area (Å²) < 4.78 is 1.86. The fourth-order valence-corrected chi connectivity index (χ4v) is 5.10. The Morgan fingerprint density at radius 1 is 1.20 bits per heavy atom. The number of aromatic hydroxyl groups is 1. The molecule has 1 N–H and O–H groups in total. The van der Waals surface area contributed by atoms with Crippen molar-refractivity contribution in [3.05, 3.63) is 40.5 Å². The van der Waals surface area contributed by atoms with Gasteiger partial charge in [0.2, 0.25) is 0 Å². The van der Waals surface area contributed by atoms with Crippen LogP contribution in [0.15, 0.2) is 24.3 Å². The molecule has 0 amide bonds. The summed E-state index contributed by atoms with van der Waals surface area (Å²) in [5, 5.41) is 15.3. The molecule has 0 radical (unpaired) electrons. The molecule has 0 saturated carbocycles. The average Bonchev–Trinajstić information content (AvgIpc) is 3.16. The number of phenolic OH excluding ortho intramolecular Hbond substituents is 1. The summed E-state index contributed by atoms with van der Waals surface area (Å²) in [6.45, 7) is 4.30. The monoisotopic (exact) mass is 350 g/mol. The third kappa shape index (κ3) is 2.24. The fourth-order valence-electron chi connectivity index (χ4n) is 3.67. The minimum Gasteiger partial charge on any atom is -0.508 e. The van der Waals surface area contributed by atoms with Gasteiger partial charge in [-0.1, -0.05) is 6.92 Å². The van der Waals surface area contributed by atoms with Crippen molar-refractivity contribution in [1.29, 1.82) is 0 Å². The second-order valence-corrected chi connectivity index (χ2v) is 7.99. The van der Waals surface area contributed by atoms with Gasteiger partial charge in [0.1, 0.15) is 16.4 Å². The summed E-state index contributed by atoms with van der Waals surface area (Å²) in [6, 6.07) is 7.01. The highest BCUT2D eigenvalue weighted by molar-refractivity contribution is 7.19. The molecule has 1 unspecified atom stereocenters. The van der Waals surface area contributed by atoms with Crippen LogP contribution >= 0.6 is 11.3 Å². The average molecular weight is 350 g/mol. The van der Waals surface area contributed by atoms with Gasteiger partial charge in [-0.05, 0) is 61.9 Å². The summed E-state index contributed by atoms with van der Waals surface area (Å²) in [7, 11) is 0. The van der Waals surface area contributed by atoms with E-state index < -0.39 is 0 Å². The number of phenols is 1. The highest BCUT2D eigenvalue weighted by atomic mass is 32.1. The second kappa shape index (κ2) is 5.26. The van der Waals surface area contributed by atoms with Crippen molar-refractivity contribution in [2.75, 3.05) is 0 Å². The lowest BCUT2D eigenvalue weighted by Crippen LogP contribution is -2.08. The maximum absolute atomic E-state index is 9.50. The lowest BCUT2D eigenvalue weighted by atomic mass is 9.89. The third-order valence-electron chi connectivity index (χ3n) is 5.02. The Bertz CT molecular complexity index is 1110. The van der Waals surface area contributed by atoms with E-state index in [0.29, 0.717) is 5.82 Å². The molecule has 1 aromatic carbocycles. The molecule has 1 atom stereocenters. The molecule has 5 rings (SSSR count). The molecule has 4 aromatic rings. The van der Waals surface area contributed by atoms with Crippen LogP contribution in [0.25, 0.3) is 27.3 Å². The number of aryl methyl sites for hydroxylation is 2. The number of benzene rings is 1. The van der Waals surface area contributed by atoms with Crippen molar-refractivity contribution in [2.45, 2.75) is 33.1 Å². The molecule has 126 valence electrons. The van der Waals surface area contributed by atoms with Gasteiger partial charge in [-0.2, -0.15) is 4.52 Å². The predicted molar refractivity (Wildman–Crippen MR) is 99.2 cm³/mol.